The fourth-order valence-corrected chi connectivity index (χ4v) is 0.230. The smallest absolute Gasteiger partial charge is 0.347 e. The van der Waals surface area contributed by atoms with Crippen molar-refractivity contribution in [3.05, 3.63) is 0 Å². The Kier molecular flexibility index (Phi) is 3.46. The van der Waals surface area contributed by atoms with Gasteiger partial charge in [-0.2, -0.15) is 0 Å². The molecule has 0 aromatic heterocycles. The summed E-state index contributed by atoms with van der Waals surface area (Å²) in [5, 5.41) is 11.8. The molecule has 1 atom stereocenters. The van der Waals surface area contributed by atoms with Crippen LogP contribution in [0.2, 0.25) is 0 Å². The molecule has 0 rings (SSSR count). The standard InChI is InChI=1S/C6H11NO3/c1-4(2)7-10-5(3)6(8)9/h5H,1-3H3,(H,8,9)/t5-/m0/s1. The van der Waals surface area contributed by atoms with Crippen LogP contribution < -0.4 is 0 Å². The third-order valence-corrected chi connectivity index (χ3v) is 0.741. The lowest BCUT2D eigenvalue weighted by Gasteiger charge is -2.02. The third-order valence-electron chi connectivity index (χ3n) is 0.741. The van der Waals surface area contributed by atoms with Gasteiger partial charge in [0.1, 0.15) is 0 Å². The van der Waals surface area contributed by atoms with Crippen LogP contribution in [-0.4, -0.2) is 22.9 Å². The first-order valence-corrected chi connectivity index (χ1v) is 2.94. The zero-order valence-corrected chi connectivity index (χ0v) is 6.29. The maximum Gasteiger partial charge on any atom is 0.347 e. The molecule has 0 unspecified atom stereocenters. The van der Waals surface area contributed by atoms with Crippen molar-refractivity contribution in [2.24, 2.45) is 5.16 Å². The van der Waals surface area contributed by atoms with Crippen LogP contribution in [0.4, 0.5) is 0 Å². The first-order chi connectivity index (χ1) is 4.54. The number of hydrogen-bond acceptors (Lipinski definition) is 3. The van der Waals surface area contributed by atoms with Gasteiger partial charge in [-0.1, -0.05) is 5.16 Å². The van der Waals surface area contributed by atoms with E-state index in [0.29, 0.717) is 5.71 Å². The summed E-state index contributed by atoms with van der Waals surface area (Å²) in [6, 6.07) is 0. The van der Waals surface area contributed by atoms with E-state index in [2.05, 4.69) is 9.99 Å². The molecule has 10 heavy (non-hydrogen) atoms. The van der Waals surface area contributed by atoms with Crippen LogP contribution >= 0.6 is 0 Å². The topological polar surface area (TPSA) is 58.9 Å². The second kappa shape index (κ2) is 3.87. The summed E-state index contributed by atoms with van der Waals surface area (Å²) >= 11 is 0. The van der Waals surface area contributed by atoms with Gasteiger partial charge in [0.05, 0.1) is 5.71 Å². The first kappa shape index (κ1) is 8.94. The molecule has 0 saturated carbocycles. The molecule has 4 heteroatoms. The lowest BCUT2D eigenvalue weighted by atomic mass is 10.4. The number of oxime groups is 1. The van der Waals surface area contributed by atoms with Crippen LogP contribution in [0.1, 0.15) is 20.8 Å². The van der Waals surface area contributed by atoms with Crippen molar-refractivity contribution in [2.75, 3.05) is 0 Å². The molecule has 0 aromatic carbocycles. The van der Waals surface area contributed by atoms with Crippen LogP contribution in [0.3, 0.4) is 0 Å². The van der Waals surface area contributed by atoms with Crippen LogP contribution in [0, 0.1) is 0 Å². The van der Waals surface area contributed by atoms with Gasteiger partial charge in [0.25, 0.3) is 0 Å². The van der Waals surface area contributed by atoms with Gasteiger partial charge in [0.15, 0.2) is 0 Å². The number of hydrogen-bond donors (Lipinski definition) is 1. The van der Waals surface area contributed by atoms with E-state index >= 15 is 0 Å². The average Bonchev–Trinajstić information content (AvgIpc) is 1.82. The van der Waals surface area contributed by atoms with Gasteiger partial charge >= 0.3 is 5.97 Å². The highest BCUT2D eigenvalue weighted by Crippen LogP contribution is 1.91. The Labute approximate surface area is 59.5 Å². The SMILES string of the molecule is CC(C)=NO[C@@H](C)C(=O)O. The Morgan fingerprint density at radius 1 is 1.60 bits per heavy atom. The van der Waals surface area contributed by atoms with Gasteiger partial charge in [-0.3, -0.25) is 0 Å². The van der Waals surface area contributed by atoms with Crippen LogP contribution in [0.25, 0.3) is 0 Å². The molecular formula is C6H11NO3. The molecule has 0 aromatic rings. The van der Waals surface area contributed by atoms with Crippen molar-refractivity contribution >= 4 is 11.7 Å². The van der Waals surface area contributed by atoms with E-state index in [1.165, 1.54) is 6.92 Å². The van der Waals surface area contributed by atoms with Crippen LogP contribution in [0.15, 0.2) is 5.16 Å². The van der Waals surface area contributed by atoms with Crippen molar-refractivity contribution in [2.45, 2.75) is 26.9 Å². The van der Waals surface area contributed by atoms with E-state index in [1.807, 2.05) is 0 Å². The Morgan fingerprint density at radius 3 is 2.40 bits per heavy atom. The van der Waals surface area contributed by atoms with E-state index in [1.54, 1.807) is 13.8 Å². The monoisotopic (exact) mass is 145 g/mol. The molecule has 0 bridgehead atoms. The van der Waals surface area contributed by atoms with Gasteiger partial charge in [-0.25, -0.2) is 4.79 Å². The minimum Gasteiger partial charge on any atom is -0.478 e. The Morgan fingerprint density at radius 2 is 2.10 bits per heavy atom. The van der Waals surface area contributed by atoms with Crippen molar-refractivity contribution in [3.63, 3.8) is 0 Å². The van der Waals surface area contributed by atoms with E-state index < -0.39 is 12.1 Å². The highest BCUT2D eigenvalue weighted by molar-refractivity contribution is 5.78. The van der Waals surface area contributed by atoms with Gasteiger partial charge in [0, 0.05) is 0 Å². The highest BCUT2D eigenvalue weighted by Gasteiger charge is 2.10. The third kappa shape index (κ3) is 3.88. The zero-order chi connectivity index (χ0) is 8.15. The molecule has 1 N–H and O–H groups in total. The molecule has 0 aliphatic heterocycles. The number of nitrogens with zero attached hydrogens (tertiary/aromatic N) is 1. The molecule has 0 aliphatic rings. The van der Waals surface area contributed by atoms with Crippen molar-refractivity contribution in [3.8, 4) is 0 Å². The second-order valence-corrected chi connectivity index (χ2v) is 2.12. The molecule has 0 aliphatic carbocycles. The van der Waals surface area contributed by atoms with E-state index in [9.17, 15) is 4.79 Å². The fraction of sp³-hybridized carbons (Fsp3) is 0.667. The fourth-order valence-electron chi connectivity index (χ4n) is 0.230. The van der Waals surface area contributed by atoms with Gasteiger partial charge in [-0.05, 0) is 20.8 Å². The van der Waals surface area contributed by atoms with E-state index in [4.69, 9.17) is 5.11 Å². The molecule has 0 amide bonds. The van der Waals surface area contributed by atoms with Crippen LogP contribution in [0.5, 0.6) is 0 Å². The molecule has 0 saturated heterocycles. The predicted molar refractivity (Wildman–Crippen MR) is 37.0 cm³/mol. The van der Waals surface area contributed by atoms with Crippen LogP contribution in [-0.2, 0) is 9.63 Å². The van der Waals surface area contributed by atoms with Crippen molar-refractivity contribution in [1.29, 1.82) is 0 Å². The average molecular weight is 145 g/mol. The van der Waals surface area contributed by atoms with Gasteiger partial charge in [-0.15, -0.1) is 0 Å². The first-order valence-electron chi connectivity index (χ1n) is 2.94. The molecule has 58 valence electrons. The molecule has 0 fully saturated rings. The Balaban J connectivity index is 3.70. The second-order valence-electron chi connectivity index (χ2n) is 2.12. The molecular weight excluding hydrogens is 134 g/mol. The molecule has 0 radical (unpaired) electrons. The van der Waals surface area contributed by atoms with E-state index in [0.717, 1.165) is 0 Å². The summed E-state index contributed by atoms with van der Waals surface area (Å²) < 4.78 is 0. The van der Waals surface area contributed by atoms with Crippen molar-refractivity contribution in [1.82, 2.24) is 0 Å². The number of aliphatic carboxylic acids is 1. The lowest BCUT2D eigenvalue weighted by Crippen LogP contribution is -2.17. The largest absolute Gasteiger partial charge is 0.478 e. The van der Waals surface area contributed by atoms with Gasteiger partial charge < -0.3 is 9.94 Å². The predicted octanol–water partition coefficient (Wildman–Crippen LogP) is 0.872. The Bertz CT molecular complexity index is 149. The maximum absolute atomic E-state index is 10.1. The summed E-state index contributed by atoms with van der Waals surface area (Å²) in [6.45, 7) is 4.89. The molecule has 4 nitrogen and oxygen atoms in total. The van der Waals surface area contributed by atoms with Crippen molar-refractivity contribution < 1.29 is 14.7 Å². The minimum atomic E-state index is -1.01. The normalized spacial score (nSPS) is 11.9. The molecule has 0 heterocycles. The zero-order valence-electron chi connectivity index (χ0n) is 6.29. The summed E-state index contributed by atoms with van der Waals surface area (Å²) in [5.41, 5.74) is 0.702. The lowest BCUT2D eigenvalue weighted by molar-refractivity contribution is -0.149. The quantitative estimate of drug-likeness (QED) is 0.473. The summed E-state index contributed by atoms with van der Waals surface area (Å²) in [6.07, 6.45) is -0.866. The van der Waals surface area contributed by atoms with E-state index in [-0.39, 0.29) is 0 Å². The number of carboxylic acid groups (broad SMARTS) is 1. The summed E-state index contributed by atoms with van der Waals surface area (Å²) in [7, 11) is 0. The summed E-state index contributed by atoms with van der Waals surface area (Å²) in [4.78, 5) is 14.7. The highest BCUT2D eigenvalue weighted by atomic mass is 16.6. The maximum atomic E-state index is 10.1. The Hall–Kier alpha value is -1.06. The van der Waals surface area contributed by atoms with Gasteiger partial charge in [0.2, 0.25) is 6.10 Å². The number of rotatable bonds is 3. The summed E-state index contributed by atoms with van der Waals surface area (Å²) in [5.74, 6) is -1.01. The minimum absolute atomic E-state index is 0.702. The molecule has 0 spiro atoms. The number of carbonyl (C=O) groups is 1. The number of carboxylic acids is 1.